The van der Waals surface area contributed by atoms with E-state index in [1.807, 2.05) is 0 Å². The maximum absolute atomic E-state index is 5.53. The van der Waals surface area contributed by atoms with Crippen LogP contribution < -0.4 is 11.5 Å². The first-order valence-corrected chi connectivity index (χ1v) is 6.04. The molecule has 7 heteroatoms. The summed E-state index contributed by atoms with van der Waals surface area (Å²) in [6, 6.07) is 0. The van der Waals surface area contributed by atoms with Gasteiger partial charge >= 0.3 is 0 Å². The SMILES string of the molecule is NCCOCCOCCOCCn1cc(N)cn1. The standard InChI is InChI=1S/C11H22N4O3/c12-1-3-16-5-7-18-8-6-17-4-2-15-10-11(13)9-14-15/h9-10H,1-8,12-13H2. The monoisotopic (exact) mass is 258 g/mol. The molecule has 0 atom stereocenters. The molecule has 0 saturated carbocycles. The minimum absolute atomic E-state index is 0.543. The summed E-state index contributed by atoms with van der Waals surface area (Å²) in [5.41, 5.74) is 11.5. The molecule has 1 aromatic rings. The molecule has 0 aliphatic carbocycles. The minimum atomic E-state index is 0.543. The lowest BCUT2D eigenvalue weighted by atomic mass is 10.6. The highest BCUT2D eigenvalue weighted by Crippen LogP contribution is 1.97. The second-order valence-electron chi connectivity index (χ2n) is 3.66. The van der Waals surface area contributed by atoms with Crippen molar-refractivity contribution in [3.8, 4) is 0 Å². The summed E-state index contributed by atoms with van der Waals surface area (Å²) < 4.78 is 17.6. The summed E-state index contributed by atoms with van der Waals surface area (Å²) in [6.07, 6.45) is 3.39. The highest BCUT2D eigenvalue weighted by molar-refractivity contribution is 5.30. The van der Waals surface area contributed by atoms with Crippen LogP contribution in [-0.4, -0.2) is 56.0 Å². The van der Waals surface area contributed by atoms with E-state index in [4.69, 9.17) is 25.7 Å². The van der Waals surface area contributed by atoms with Crippen molar-refractivity contribution in [3.63, 3.8) is 0 Å². The molecule has 0 unspecified atom stereocenters. The van der Waals surface area contributed by atoms with Gasteiger partial charge < -0.3 is 25.7 Å². The van der Waals surface area contributed by atoms with Crippen molar-refractivity contribution >= 4 is 5.69 Å². The quantitative estimate of drug-likeness (QED) is 0.518. The number of nitrogens with zero attached hydrogens (tertiary/aromatic N) is 2. The number of rotatable bonds is 11. The molecule has 104 valence electrons. The first-order valence-electron chi connectivity index (χ1n) is 6.04. The van der Waals surface area contributed by atoms with Crippen LogP contribution >= 0.6 is 0 Å². The molecule has 1 aromatic heterocycles. The highest BCUT2D eigenvalue weighted by atomic mass is 16.5. The number of hydrogen-bond acceptors (Lipinski definition) is 6. The van der Waals surface area contributed by atoms with Gasteiger partial charge in [0.2, 0.25) is 0 Å². The van der Waals surface area contributed by atoms with E-state index in [0.29, 0.717) is 58.4 Å². The van der Waals surface area contributed by atoms with Crippen molar-refractivity contribution in [1.82, 2.24) is 9.78 Å². The average Bonchev–Trinajstić information content (AvgIpc) is 2.77. The fourth-order valence-corrected chi connectivity index (χ4v) is 1.29. The van der Waals surface area contributed by atoms with Crippen LogP contribution in [-0.2, 0) is 20.8 Å². The number of hydrogen-bond donors (Lipinski definition) is 2. The van der Waals surface area contributed by atoms with Crippen LogP contribution in [0.5, 0.6) is 0 Å². The van der Waals surface area contributed by atoms with E-state index in [1.165, 1.54) is 0 Å². The van der Waals surface area contributed by atoms with Crippen molar-refractivity contribution in [2.45, 2.75) is 6.54 Å². The van der Waals surface area contributed by atoms with Crippen LogP contribution in [0.15, 0.2) is 12.4 Å². The van der Waals surface area contributed by atoms with Gasteiger partial charge in [0, 0.05) is 12.7 Å². The zero-order valence-corrected chi connectivity index (χ0v) is 10.6. The number of aromatic nitrogens is 2. The minimum Gasteiger partial charge on any atom is -0.396 e. The fraction of sp³-hybridized carbons (Fsp3) is 0.727. The van der Waals surface area contributed by atoms with E-state index in [2.05, 4.69) is 5.10 Å². The predicted octanol–water partition coefficient (Wildman–Crippen LogP) is -0.526. The Morgan fingerprint density at radius 1 is 1.00 bits per heavy atom. The predicted molar refractivity (Wildman–Crippen MR) is 68.2 cm³/mol. The molecule has 18 heavy (non-hydrogen) atoms. The van der Waals surface area contributed by atoms with Gasteiger partial charge in [-0.25, -0.2) is 0 Å². The summed E-state index contributed by atoms with van der Waals surface area (Å²) >= 11 is 0. The molecule has 0 saturated heterocycles. The van der Waals surface area contributed by atoms with E-state index in [0.717, 1.165) is 0 Å². The first-order chi connectivity index (χ1) is 8.83. The third-order valence-corrected chi connectivity index (χ3v) is 2.12. The Hall–Kier alpha value is -1.15. The highest BCUT2D eigenvalue weighted by Gasteiger charge is 1.95. The summed E-state index contributed by atoms with van der Waals surface area (Å²) in [5.74, 6) is 0. The van der Waals surface area contributed by atoms with Crippen LogP contribution in [0, 0.1) is 0 Å². The van der Waals surface area contributed by atoms with E-state index >= 15 is 0 Å². The van der Waals surface area contributed by atoms with Gasteiger partial charge in [-0.15, -0.1) is 0 Å². The fourth-order valence-electron chi connectivity index (χ4n) is 1.29. The van der Waals surface area contributed by atoms with Crippen molar-refractivity contribution in [2.75, 3.05) is 51.9 Å². The topological polar surface area (TPSA) is 97.6 Å². The Labute approximate surface area is 107 Å². The normalized spacial score (nSPS) is 10.9. The van der Waals surface area contributed by atoms with E-state index in [9.17, 15) is 0 Å². The van der Waals surface area contributed by atoms with Gasteiger partial charge in [0.1, 0.15) is 0 Å². The first kappa shape index (κ1) is 14.9. The summed E-state index contributed by atoms with van der Waals surface area (Å²) in [5, 5.41) is 4.05. The Morgan fingerprint density at radius 2 is 1.61 bits per heavy atom. The van der Waals surface area contributed by atoms with Crippen LogP contribution in [0.3, 0.4) is 0 Å². The van der Waals surface area contributed by atoms with Gasteiger partial charge in [-0.3, -0.25) is 4.68 Å². The Morgan fingerprint density at radius 3 is 2.17 bits per heavy atom. The molecule has 0 bridgehead atoms. The number of nitrogens with two attached hydrogens (primary N) is 2. The lowest BCUT2D eigenvalue weighted by Crippen LogP contribution is -2.14. The molecule has 1 heterocycles. The van der Waals surface area contributed by atoms with Gasteiger partial charge in [-0.05, 0) is 0 Å². The molecule has 0 aromatic carbocycles. The maximum Gasteiger partial charge on any atom is 0.0719 e. The van der Waals surface area contributed by atoms with Gasteiger partial charge in [0.05, 0.1) is 58.1 Å². The number of nitrogen functional groups attached to an aromatic ring is 1. The van der Waals surface area contributed by atoms with Gasteiger partial charge in [-0.1, -0.05) is 0 Å². The van der Waals surface area contributed by atoms with E-state index < -0.39 is 0 Å². The van der Waals surface area contributed by atoms with Crippen LogP contribution in [0.25, 0.3) is 0 Å². The summed E-state index contributed by atoms with van der Waals surface area (Å²) in [7, 11) is 0. The van der Waals surface area contributed by atoms with Gasteiger partial charge in [-0.2, -0.15) is 5.10 Å². The molecular weight excluding hydrogens is 236 g/mol. The second-order valence-corrected chi connectivity index (χ2v) is 3.66. The molecule has 0 aliphatic heterocycles. The molecule has 0 aliphatic rings. The number of anilines is 1. The molecule has 0 amide bonds. The molecular formula is C11H22N4O3. The van der Waals surface area contributed by atoms with Crippen LogP contribution in [0.4, 0.5) is 5.69 Å². The van der Waals surface area contributed by atoms with Crippen molar-refractivity contribution < 1.29 is 14.2 Å². The third kappa shape index (κ3) is 7.23. The molecule has 1 rings (SSSR count). The molecule has 4 N–H and O–H groups in total. The van der Waals surface area contributed by atoms with Crippen molar-refractivity contribution in [1.29, 1.82) is 0 Å². The number of ether oxygens (including phenoxy) is 3. The summed E-state index contributed by atoms with van der Waals surface area (Å²) in [6.45, 7) is 4.67. The molecule has 0 radical (unpaired) electrons. The zero-order valence-electron chi connectivity index (χ0n) is 10.6. The Kier molecular flexibility index (Phi) is 8.15. The smallest absolute Gasteiger partial charge is 0.0719 e. The molecule has 0 fully saturated rings. The summed E-state index contributed by atoms with van der Waals surface area (Å²) in [4.78, 5) is 0. The van der Waals surface area contributed by atoms with E-state index in [-0.39, 0.29) is 0 Å². The lowest BCUT2D eigenvalue weighted by molar-refractivity contribution is 0.0141. The molecule has 7 nitrogen and oxygen atoms in total. The van der Waals surface area contributed by atoms with Gasteiger partial charge in [0.25, 0.3) is 0 Å². The maximum atomic E-state index is 5.53. The largest absolute Gasteiger partial charge is 0.396 e. The van der Waals surface area contributed by atoms with Crippen molar-refractivity contribution in [2.24, 2.45) is 5.73 Å². The van der Waals surface area contributed by atoms with Crippen LogP contribution in [0.2, 0.25) is 0 Å². The Bertz CT molecular complexity index is 306. The average molecular weight is 258 g/mol. The van der Waals surface area contributed by atoms with Crippen molar-refractivity contribution in [3.05, 3.63) is 12.4 Å². The van der Waals surface area contributed by atoms with Gasteiger partial charge in [0.15, 0.2) is 0 Å². The van der Waals surface area contributed by atoms with Crippen LogP contribution in [0.1, 0.15) is 0 Å². The third-order valence-electron chi connectivity index (χ3n) is 2.12. The van der Waals surface area contributed by atoms with E-state index in [1.54, 1.807) is 17.1 Å². The zero-order chi connectivity index (χ0) is 13.1. The lowest BCUT2D eigenvalue weighted by Gasteiger charge is -2.06. The molecule has 0 spiro atoms. The second kappa shape index (κ2) is 9.84. The Balaban J connectivity index is 1.81.